The highest BCUT2D eigenvalue weighted by molar-refractivity contribution is 5.37. The number of rotatable bonds is 7. The van der Waals surface area contributed by atoms with E-state index in [1.807, 2.05) is 12.1 Å². The number of aliphatic hydroxyl groups excluding tert-OH is 2. The maximum Gasteiger partial charge on any atom is 0.0540 e. The van der Waals surface area contributed by atoms with Crippen molar-refractivity contribution in [3.63, 3.8) is 0 Å². The van der Waals surface area contributed by atoms with Crippen molar-refractivity contribution in [2.45, 2.75) is 39.3 Å². The summed E-state index contributed by atoms with van der Waals surface area (Å²) in [5, 5.41) is 17.7. The SMILES string of the molecule is CC(C)N(CCCO)Cc1cccc(C#CCCO)c1. The van der Waals surface area contributed by atoms with Crippen LogP contribution in [0.2, 0.25) is 0 Å². The molecule has 0 aliphatic rings. The van der Waals surface area contributed by atoms with Gasteiger partial charge in [-0.3, -0.25) is 4.90 Å². The average Bonchev–Trinajstić information content (AvgIpc) is 2.44. The third-order valence-electron chi connectivity index (χ3n) is 3.12. The van der Waals surface area contributed by atoms with Gasteiger partial charge in [-0.15, -0.1) is 0 Å². The first kappa shape index (κ1) is 16.7. The van der Waals surface area contributed by atoms with E-state index in [2.05, 4.69) is 42.7 Å². The van der Waals surface area contributed by atoms with Crippen LogP contribution in [0.1, 0.15) is 37.8 Å². The minimum absolute atomic E-state index is 0.106. The number of hydrogen-bond acceptors (Lipinski definition) is 3. The molecule has 0 heterocycles. The fourth-order valence-corrected chi connectivity index (χ4v) is 2.00. The van der Waals surface area contributed by atoms with Crippen LogP contribution in [-0.2, 0) is 6.54 Å². The van der Waals surface area contributed by atoms with Crippen molar-refractivity contribution in [2.75, 3.05) is 19.8 Å². The van der Waals surface area contributed by atoms with Crippen LogP contribution in [0, 0.1) is 11.8 Å². The van der Waals surface area contributed by atoms with Gasteiger partial charge in [0.2, 0.25) is 0 Å². The highest BCUT2D eigenvalue weighted by Crippen LogP contribution is 2.11. The van der Waals surface area contributed by atoms with E-state index < -0.39 is 0 Å². The minimum Gasteiger partial charge on any atom is -0.396 e. The molecule has 1 aromatic rings. The molecule has 0 fully saturated rings. The summed E-state index contributed by atoms with van der Waals surface area (Å²) in [6, 6.07) is 8.65. The molecule has 2 N–H and O–H groups in total. The van der Waals surface area contributed by atoms with Crippen molar-refractivity contribution in [1.82, 2.24) is 4.90 Å². The fourth-order valence-electron chi connectivity index (χ4n) is 2.00. The molecule has 110 valence electrons. The number of aliphatic hydroxyl groups is 2. The second-order valence-corrected chi connectivity index (χ2v) is 5.12. The molecule has 0 spiro atoms. The summed E-state index contributed by atoms with van der Waals surface area (Å²) in [4.78, 5) is 2.34. The number of hydrogen-bond donors (Lipinski definition) is 2. The Morgan fingerprint density at radius 3 is 2.65 bits per heavy atom. The highest BCUT2D eigenvalue weighted by Gasteiger charge is 2.09. The van der Waals surface area contributed by atoms with Crippen molar-refractivity contribution in [1.29, 1.82) is 0 Å². The van der Waals surface area contributed by atoms with E-state index in [1.54, 1.807) is 0 Å². The minimum atomic E-state index is 0.106. The van der Waals surface area contributed by atoms with Crippen LogP contribution in [0.25, 0.3) is 0 Å². The van der Waals surface area contributed by atoms with Gasteiger partial charge in [-0.05, 0) is 38.0 Å². The van der Waals surface area contributed by atoms with E-state index in [9.17, 15) is 0 Å². The summed E-state index contributed by atoms with van der Waals surface area (Å²) >= 11 is 0. The van der Waals surface area contributed by atoms with Crippen molar-refractivity contribution in [3.05, 3.63) is 35.4 Å². The summed E-state index contributed by atoms with van der Waals surface area (Å²) in [5.41, 5.74) is 2.22. The van der Waals surface area contributed by atoms with Crippen LogP contribution >= 0.6 is 0 Å². The zero-order chi connectivity index (χ0) is 14.8. The Balaban J connectivity index is 2.70. The van der Waals surface area contributed by atoms with E-state index in [0.717, 1.165) is 25.1 Å². The van der Waals surface area contributed by atoms with Crippen molar-refractivity contribution >= 4 is 0 Å². The predicted octanol–water partition coefficient (Wildman–Crippen LogP) is 2.01. The third-order valence-corrected chi connectivity index (χ3v) is 3.12. The smallest absolute Gasteiger partial charge is 0.0540 e. The standard InChI is InChI=1S/C17H25NO2/c1-15(2)18(10-6-12-20)14-17-9-5-8-16(13-17)7-3-4-11-19/h5,8-9,13,15,19-20H,4,6,10-12,14H2,1-2H3. The Morgan fingerprint density at radius 2 is 2.00 bits per heavy atom. The zero-order valence-corrected chi connectivity index (χ0v) is 12.5. The summed E-state index contributed by atoms with van der Waals surface area (Å²) < 4.78 is 0. The van der Waals surface area contributed by atoms with E-state index in [4.69, 9.17) is 10.2 Å². The molecule has 0 aromatic heterocycles. The lowest BCUT2D eigenvalue weighted by molar-refractivity contribution is 0.185. The van der Waals surface area contributed by atoms with Gasteiger partial charge in [-0.2, -0.15) is 0 Å². The van der Waals surface area contributed by atoms with Gasteiger partial charge in [0.15, 0.2) is 0 Å². The van der Waals surface area contributed by atoms with Gasteiger partial charge in [-0.1, -0.05) is 24.0 Å². The van der Waals surface area contributed by atoms with Gasteiger partial charge in [0, 0.05) is 37.7 Å². The van der Waals surface area contributed by atoms with Crippen molar-refractivity contribution in [2.24, 2.45) is 0 Å². The molecule has 0 aliphatic carbocycles. The predicted molar refractivity (Wildman–Crippen MR) is 82.3 cm³/mol. The molecule has 20 heavy (non-hydrogen) atoms. The van der Waals surface area contributed by atoms with Gasteiger partial charge in [0.1, 0.15) is 0 Å². The van der Waals surface area contributed by atoms with Crippen LogP contribution < -0.4 is 0 Å². The fraction of sp³-hybridized carbons (Fsp3) is 0.529. The molecular formula is C17H25NO2. The average molecular weight is 275 g/mol. The third kappa shape index (κ3) is 6.21. The molecule has 0 saturated carbocycles. The highest BCUT2D eigenvalue weighted by atomic mass is 16.3. The molecular weight excluding hydrogens is 250 g/mol. The largest absolute Gasteiger partial charge is 0.396 e. The molecule has 0 unspecified atom stereocenters. The van der Waals surface area contributed by atoms with Crippen LogP contribution in [0.4, 0.5) is 0 Å². The van der Waals surface area contributed by atoms with E-state index in [1.165, 1.54) is 5.56 Å². The number of nitrogens with zero attached hydrogens (tertiary/aromatic N) is 1. The maximum atomic E-state index is 8.96. The summed E-state index contributed by atoms with van der Waals surface area (Å²) in [6.07, 6.45) is 1.31. The van der Waals surface area contributed by atoms with Crippen LogP contribution in [-0.4, -0.2) is 40.9 Å². The van der Waals surface area contributed by atoms with Gasteiger partial charge in [0.05, 0.1) is 6.61 Å². The molecule has 3 heteroatoms. The summed E-state index contributed by atoms with van der Waals surface area (Å²) in [7, 11) is 0. The van der Waals surface area contributed by atoms with Gasteiger partial charge >= 0.3 is 0 Å². The quantitative estimate of drug-likeness (QED) is 0.748. The Bertz CT molecular complexity index is 446. The second-order valence-electron chi connectivity index (χ2n) is 5.12. The van der Waals surface area contributed by atoms with Crippen molar-refractivity contribution < 1.29 is 10.2 Å². The molecule has 3 nitrogen and oxygen atoms in total. The molecule has 1 aromatic carbocycles. The normalized spacial score (nSPS) is 10.7. The van der Waals surface area contributed by atoms with E-state index in [-0.39, 0.29) is 13.2 Å². The lowest BCUT2D eigenvalue weighted by Crippen LogP contribution is -2.31. The van der Waals surface area contributed by atoms with E-state index >= 15 is 0 Å². The summed E-state index contributed by atoms with van der Waals surface area (Å²) in [5.74, 6) is 6.01. The Kier molecular flexibility index (Phi) is 7.98. The number of benzene rings is 1. The van der Waals surface area contributed by atoms with Crippen LogP contribution in [0.15, 0.2) is 24.3 Å². The van der Waals surface area contributed by atoms with Crippen LogP contribution in [0.3, 0.4) is 0 Å². The molecule has 0 radical (unpaired) electrons. The molecule has 0 atom stereocenters. The maximum absolute atomic E-state index is 8.96. The van der Waals surface area contributed by atoms with Crippen LogP contribution in [0.5, 0.6) is 0 Å². The molecule has 1 rings (SSSR count). The second kappa shape index (κ2) is 9.55. The molecule has 0 amide bonds. The van der Waals surface area contributed by atoms with Gasteiger partial charge in [-0.25, -0.2) is 0 Å². The molecule has 0 saturated heterocycles. The first-order valence-corrected chi connectivity index (χ1v) is 7.21. The zero-order valence-electron chi connectivity index (χ0n) is 12.5. The topological polar surface area (TPSA) is 43.7 Å². The van der Waals surface area contributed by atoms with Gasteiger partial charge in [0.25, 0.3) is 0 Å². The lowest BCUT2D eigenvalue weighted by Gasteiger charge is -2.26. The Hall–Kier alpha value is -1.34. The van der Waals surface area contributed by atoms with Gasteiger partial charge < -0.3 is 10.2 Å². The first-order chi connectivity index (χ1) is 9.67. The van der Waals surface area contributed by atoms with E-state index in [0.29, 0.717) is 12.5 Å². The monoisotopic (exact) mass is 275 g/mol. The van der Waals surface area contributed by atoms with Crippen molar-refractivity contribution in [3.8, 4) is 11.8 Å². The molecule has 0 bridgehead atoms. The Morgan fingerprint density at radius 1 is 1.20 bits per heavy atom. The lowest BCUT2D eigenvalue weighted by atomic mass is 10.1. The molecule has 0 aliphatic heterocycles. The first-order valence-electron chi connectivity index (χ1n) is 7.21. The Labute approximate surface area is 122 Å². The summed E-state index contributed by atoms with van der Waals surface area (Å²) in [6.45, 7) is 6.44.